The molecule has 0 saturated carbocycles. The van der Waals surface area contributed by atoms with Crippen LogP contribution in [-0.4, -0.2) is 4.98 Å². The number of ether oxygens (including phenoxy) is 1. The number of benzene rings is 1. The Bertz CT molecular complexity index is 496. The number of nitrogens with zero attached hydrogens (tertiary/aromatic N) is 1. The molecule has 0 amide bonds. The number of rotatable bonds is 3. The van der Waals surface area contributed by atoms with Gasteiger partial charge in [-0.05, 0) is 51.8 Å². The Morgan fingerprint density at radius 3 is 2.65 bits per heavy atom. The van der Waals surface area contributed by atoms with E-state index in [0.717, 1.165) is 10.2 Å². The SMILES string of the molecule is Fc1cc(Br)cc(COc2ccc(Br)nc2)c1. The van der Waals surface area contributed by atoms with Crippen LogP contribution in [0.5, 0.6) is 5.75 Å². The molecule has 0 N–H and O–H groups in total. The van der Waals surface area contributed by atoms with Gasteiger partial charge in [0, 0.05) is 4.47 Å². The number of halogens is 3. The van der Waals surface area contributed by atoms with Crippen molar-refractivity contribution in [3.05, 3.63) is 57.0 Å². The molecule has 2 nitrogen and oxygen atoms in total. The lowest BCUT2D eigenvalue weighted by Crippen LogP contribution is -1.96. The highest BCUT2D eigenvalue weighted by Crippen LogP contribution is 2.18. The van der Waals surface area contributed by atoms with Crippen LogP contribution in [0.4, 0.5) is 4.39 Å². The summed E-state index contributed by atoms with van der Waals surface area (Å²) in [6.45, 7) is 0.305. The molecular formula is C12H8Br2FNO. The first-order valence-electron chi connectivity index (χ1n) is 4.83. The van der Waals surface area contributed by atoms with Crippen molar-refractivity contribution in [3.8, 4) is 5.75 Å². The van der Waals surface area contributed by atoms with Gasteiger partial charge in [-0.3, -0.25) is 0 Å². The zero-order chi connectivity index (χ0) is 12.3. The van der Waals surface area contributed by atoms with Crippen molar-refractivity contribution in [3.63, 3.8) is 0 Å². The zero-order valence-corrected chi connectivity index (χ0v) is 11.8. The second kappa shape index (κ2) is 5.60. The molecule has 0 aliphatic heterocycles. The van der Waals surface area contributed by atoms with Crippen LogP contribution in [0, 0.1) is 5.82 Å². The lowest BCUT2D eigenvalue weighted by molar-refractivity contribution is 0.304. The molecule has 1 heterocycles. The zero-order valence-electron chi connectivity index (χ0n) is 8.66. The molecule has 0 unspecified atom stereocenters. The monoisotopic (exact) mass is 359 g/mol. The van der Waals surface area contributed by atoms with Crippen molar-refractivity contribution < 1.29 is 9.13 Å². The summed E-state index contributed by atoms with van der Waals surface area (Å²) in [6, 6.07) is 8.25. The Kier molecular flexibility index (Phi) is 4.12. The second-order valence-electron chi connectivity index (χ2n) is 3.38. The van der Waals surface area contributed by atoms with E-state index in [4.69, 9.17) is 4.74 Å². The maximum Gasteiger partial charge on any atom is 0.138 e. The van der Waals surface area contributed by atoms with Crippen molar-refractivity contribution in [2.45, 2.75) is 6.61 Å². The van der Waals surface area contributed by atoms with Gasteiger partial charge in [0.25, 0.3) is 0 Å². The van der Waals surface area contributed by atoms with Gasteiger partial charge in [0.1, 0.15) is 22.8 Å². The second-order valence-corrected chi connectivity index (χ2v) is 5.11. The van der Waals surface area contributed by atoms with E-state index in [2.05, 4.69) is 36.8 Å². The van der Waals surface area contributed by atoms with Crippen LogP contribution in [0.15, 0.2) is 45.6 Å². The van der Waals surface area contributed by atoms with Crippen LogP contribution >= 0.6 is 31.9 Å². The first-order valence-corrected chi connectivity index (χ1v) is 6.41. The largest absolute Gasteiger partial charge is 0.487 e. The molecule has 2 rings (SSSR count). The van der Waals surface area contributed by atoms with Gasteiger partial charge in [-0.15, -0.1) is 0 Å². The number of pyridine rings is 1. The van der Waals surface area contributed by atoms with Gasteiger partial charge < -0.3 is 4.74 Å². The summed E-state index contributed by atoms with van der Waals surface area (Å²) in [4.78, 5) is 4.03. The summed E-state index contributed by atoms with van der Waals surface area (Å²) in [5.41, 5.74) is 0.764. The number of hydrogen-bond acceptors (Lipinski definition) is 2. The van der Waals surface area contributed by atoms with Crippen molar-refractivity contribution in [2.75, 3.05) is 0 Å². The summed E-state index contributed by atoms with van der Waals surface area (Å²) in [5, 5.41) is 0. The third-order valence-corrected chi connectivity index (χ3v) is 2.96. The summed E-state index contributed by atoms with van der Waals surface area (Å²) >= 11 is 6.47. The van der Waals surface area contributed by atoms with Crippen LogP contribution in [-0.2, 0) is 6.61 Å². The maximum absolute atomic E-state index is 13.1. The number of aromatic nitrogens is 1. The molecule has 17 heavy (non-hydrogen) atoms. The molecule has 1 aromatic carbocycles. The van der Waals surface area contributed by atoms with Gasteiger partial charge in [-0.1, -0.05) is 15.9 Å². The standard InChI is InChI=1S/C12H8Br2FNO/c13-9-3-8(4-10(15)5-9)7-17-11-1-2-12(14)16-6-11/h1-6H,7H2. The van der Waals surface area contributed by atoms with E-state index in [0.29, 0.717) is 16.8 Å². The molecule has 0 bridgehead atoms. The molecule has 5 heteroatoms. The van der Waals surface area contributed by atoms with E-state index in [-0.39, 0.29) is 5.82 Å². The molecule has 0 aliphatic rings. The fourth-order valence-electron chi connectivity index (χ4n) is 1.31. The van der Waals surface area contributed by atoms with Gasteiger partial charge in [0.15, 0.2) is 0 Å². The smallest absolute Gasteiger partial charge is 0.138 e. The molecule has 0 radical (unpaired) electrons. The molecule has 0 aliphatic carbocycles. The molecule has 0 saturated heterocycles. The molecule has 2 aromatic rings. The predicted octanol–water partition coefficient (Wildman–Crippen LogP) is 4.32. The van der Waals surface area contributed by atoms with Gasteiger partial charge >= 0.3 is 0 Å². The van der Waals surface area contributed by atoms with Crippen LogP contribution in [0.3, 0.4) is 0 Å². The van der Waals surface area contributed by atoms with Crippen molar-refractivity contribution in [1.82, 2.24) is 4.98 Å². The Morgan fingerprint density at radius 2 is 2.00 bits per heavy atom. The molecule has 88 valence electrons. The van der Waals surface area contributed by atoms with E-state index in [1.165, 1.54) is 12.1 Å². The van der Waals surface area contributed by atoms with Gasteiger partial charge in [0.2, 0.25) is 0 Å². The Balaban J connectivity index is 2.04. The topological polar surface area (TPSA) is 22.1 Å². The number of hydrogen-bond donors (Lipinski definition) is 0. The highest BCUT2D eigenvalue weighted by molar-refractivity contribution is 9.10. The van der Waals surface area contributed by atoms with E-state index in [9.17, 15) is 4.39 Å². The van der Waals surface area contributed by atoms with Crippen LogP contribution in [0.2, 0.25) is 0 Å². The highest BCUT2D eigenvalue weighted by atomic mass is 79.9. The molecule has 0 spiro atoms. The summed E-state index contributed by atoms with van der Waals surface area (Å²) in [5.74, 6) is 0.362. The normalized spacial score (nSPS) is 10.3. The van der Waals surface area contributed by atoms with E-state index < -0.39 is 0 Å². The third-order valence-electron chi connectivity index (χ3n) is 2.03. The van der Waals surface area contributed by atoms with E-state index in [1.807, 2.05) is 6.07 Å². The summed E-state index contributed by atoms with van der Waals surface area (Å²) in [6.07, 6.45) is 1.61. The van der Waals surface area contributed by atoms with Gasteiger partial charge in [-0.2, -0.15) is 0 Å². The van der Waals surface area contributed by atoms with E-state index in [1.54, 1.807) is 18.3 Å². The minimum atomic E-state index is -0.285. The molecule has 0 atom stereocenters. The molecule has 0 fully saturated rings. The van der Waals surface area contributed by atoms with Gasteiger partial charge in [-0.25, -0.2) is 9.37 Å². The predicted molar refractivity (Wildman–Crippen MR) is 70.4 cm³/mol. The lowest BCUT2D eigenvalue weighted by atomic mass is 10.2. The quantitative estimate of drug-likeness (QED) is 0.760. The average Bonchev–Trinajstić information content (AvgIpc) is 2.27. The molecular weight excluding hydrogens is 353 g/mol. The van der Waals surface area contributed by atoms with Crippen LogP contribution in [0.1, 0.15) is 5.56 Å². The Labute approximate surface area is 115 Å². The molecule has 1 aromatic heterocycles. The van der Waals surface area contributed by atoms with E-state index >= 15 is 0 Å². The van der Waals surface area contributed by atoms with Crippen molar-refractivity contribution >= 4 is 31.9 Å². The Morgan fingerprint density at radius 1 is 1.18 bits per heavy atom. The van der Waals surface area contributed by atoms with Crippen LogP contribution < -0.4 is 4.74 Å². The fourth-order valence-corrected chi connectivity index (χ4v) is 2.06. The van der Waals surface area contributed by atoms with Gasteiger partial charge in [0.05, 0.1) is 6.20 Å². The maximum atomic E-state index is 13.1. The van der Waals surface area contributed by atoms with Crippen molar-refractivity contribution in [1.29, 1.82) is 0 Å². The summed E-state index contributed by atoms with van der Waals surface area (Å²) in [7, 11) is 0. The fraction of sp³-hybridized carbons (Fsp3) is 0.0833. The lowest BCUT2D eigenvalue weighted by Gasteiger charge is -2.06. The van der Waals surface area contributed by atoms with Crippen LogP contribution in [0.25, 0.3) is 0 Å². The highest BCUT2D eigenvalue weighted by Gasteiger charge is 2.01. The first kappa shape index (κ1) is 12.5. The minimum Gasteiger partial charge on any atom is -0.487 e. The third kappa shape index (κ3) is 3.78. The minimum absolute atomic E-state index is 0.285. The summed E-state index contributed by atoms with van der Waals surface area (Å²) < 4.78 is 20.0. The van der Waals surface area contributed by atoms with Crippen molar-refractivity contribution in [2.24, 2.45) is 0 Å². The first-order chi connectivity index (χ1) is 8.13. The Hall–Kier alpha value is -0.940. The average molecular weight is 361 g/mol.